The third kappa shape index (κ3) is 18.3. The first-order chi connectivity index (χ1) is 15.3. The van der Waals surface area contributed by atoms with E-state index in [9.17, 15) is 9.46 Å². The van der Waals surface area contributed by atoms with E-state index in [0.29, 0.717) is 17.5 Å². The van der Waals surface area contributed by atoms with Crippen LogP contribution in [0.4, 0.5) is 0 Å². The van der Waals surface area contributed by atoms with Gasteiger partial charge in [-0.05, 0) is 38.5 Å². The van der Waals surface area contributed by atoms with Gasteiger partial charge in [0, 0.05) is 6.42 Å². The molecule has 4 nitrogen and oxygen atoms in total. The van der Waals surface area contributed by atoms with Crippen molar-refractivity contribution in [2.45, 2.75) is 135 Å². The Morgan fingerprint density at radius 1 is 0.719 bits per heavy atom. The summed E-state index contributed by atoms with van der Waals surface area (Å²) in [4.78, 5) is 10.4. The highest BCUT2D eigenvalue weighted by Gasteiger charge is 2.41. The van der Waals surface area contributed by atoms with Crippen molar-refractivity contribution in [3.05, 3.63) is 12.2 Å². The molecular weight excluding hydrogens is 417 g/mol. The van der Waals surface area contributed by atoms with Gasteiger partial charge >= 0.3 is 7.60 Å². The molecule has 0 aromatic carbocycles. The fourth-order valence-corrected chi connectivity index (χ4v) is 6.25. The minimum absolute atomic E-state index is 0.335. The summed E-state index contributed by atoms with van der Waals surface area (Å²) in [6, 6.07) is 0. The van der Waals surface area contributed by atoms with E-state index in [-0.39, 0.29) is 5.78 Å². The Labute approximate surface area is 201 Å². The molecule has 0 aliphatic rings. The summed E-state index contributed by atoms with van der Waals surface area (Å²) >= 11 is 0. The van der Waals surface area contributed by atoms with Crippen LogP contribution in [0.25, 0.3) is 0 Å². The highest BCUT2D eigenvalue weighted by atomic mass is 31.2. The predicted octanol–water partition coefficient (Wildman–Crippen LogP) is 8.84. The number of nitrogens with zero attached hydrogens (tertiary/aromatic N) is 1. The SMILES string of the molecule is CCCCCCC/C=C\CCCCCCCCCCCOP(=O)(O)C(CCC)[N+](C)(C)C. The molecule has 0 aromatic heterocycles. The smallest absolute Gasteiger partial charge is 0.320 e. The van der Waals surface area contributed by atoms with Crippen molar-refractivity contribution in [1.82, 2.24) is 0 Å². The van der Waals surface area contributed by atoms with Gasteiger partial charge in [0.2, 0.25) is 0 Å². The third-order valence-corrected chi connectivity index (χ3v) is 8.51. The van der Waals surface area contributed by atoms with E-state index in [1.165, 1.54) is 89.9 Å². The van der Waals surface area contributed by atoms with Crippen molar-refractivity contribution in [3.63, 3.8) is 0 Å². The van der Waals surface area contributed by atoms with Crippen molar-refractivity contribution in [1.29, 1.82) is 0 Å². The fraction of sp³-hybridized carbons (Fsp3) is 0.926. The lowest BCUT2D eigenvalue weighted by Gasteiger charge is -2.35. The first-order valence-electron chi connectivity index (χ1n) is 13.7. The molecule has 192 valence electrons. The summed E-state index contributed by atoms with van der Waals surface area (Å²) < 4.78 is 18.6. The first kappa shape index (κ1) is 31.9. The molecule has 5 heteroatoms. The maximum Gasteiger partial charge on any atom is 0.385 e. The quantitative estimate of drug-likeness (QED) is 0.0696. The van der Waals surface area contributed by atoms with Crippen molar-refractivity contribution in [2.75, 3.05) is 27.7 Å². The number of rotatable bonds is 23. The maximum absolute atomic E-state index is 12.6. The summed E-state index contributed by atoms with van der Waals surface area (Å²) in [5, 5.41) is 0. The van der Waals surface area contributed by atoms with Gasteiger partial charge in [0.1, 0.15) is 0 Å². The van der Waals surface area contributed by atoms with Gasteiger partial charge < -0.3 is 13.9 Å². The number of unbranched alkanes of at least 4 members (excludes halogenated alkanes) is 14. The molecule has 0 aromatic rings. The Balaban J connectivity index is 3.53. The van der Waals surface area contributed by atoms with Crippen LogP contribution in [-0.4, -0.2) is 42.9 Å². The lowest BCUT2D eigenvalue weighted by molar-refractivity contribution is -0.883. The molecular formula is C27H57NO3P+. The topological polar surface area (TPSA) is 46.5 Å². The normalized spacial score (nSPS) is 15.3. The van der Waals surface area contributed by atoms with Crippen LogP contribution in [0.5, 0.6) is 0 Å². The first-order valence-corrected chi connectivity index (χ1v) is 15.3. The molecule has 32 heavy (non-hydrogen) atoms. The number of hydrogen-bond acceptors (Lipinski definition) is 2. The summed E-state index contributed by atoms with van der Waals surface area (Å²) in [5.74, 6) is -0.335. The predicted molar refractivity (Wildman–Crippen MR) is 141 cm³/mol. The molecule has 0 bridgehead atoms. The van der Waals surface area contributed by atoms with E-state index in [1.54, 1.807) is 0 Å². The lowest BCUT2D eigenvalue weighted by Crippen LogP contribution is -2.45. The van der Waals surface area contributed by atoms with Crippen molar-refractivity contribution < 1.29 is 18.5 Å². The lowest BCUT2D eigenvalue weighted by atomic mass is 10.1. The van der Waals surface area contributed by atoms with Crippen molar-refractivity contribution >= 4 is 7.60 Å². The molecule has 0 rings (SSSR count). The Morgan fingerprint density at radius 2 is 1.16 bits per heavy atom. The zero-order valence-electron chi connectivity index (χ0n) is 22.3. The molecule has 0 aliphatic heterocycles. The highest BCUT2D eigenvalue weighted by Crippen LogP contribution is 2.51. The van der Waals surface area contributed by atoms with Crippen molar-refractivity contribution in [2.24, 2.45) is 0 Å². The van der Waals surface area contributed by atoms with Gasteiger partial charge in [-0.2, -0.15) is 0 Å². The zero-order valence-corrected chi connectivity index (χ0v) is 23.2. The van der Waals surface area contributed by atoms with Crippen LogP contribution in [0.15, 0.2) is 12.2 Å². The van der Waals surface area contributed by atoms with Gasteiger partial charge in [-0.3, -0.25) is 4.57 Å². The average Bonchev–Trinajstić information content (AvgIpc) is 2.72. The van der Waals surface area contributed by atoms with E-state index >= 15 is 0 Å². The molecule has 0 aliphatic carbocycles. The second-order valence-electron chi connectivity index (χ2n) is 10.4. The monoisotopic (exact) mass is 474 g/mol. The number of quaternary nitrogens is 1. The molecule has 2 atom stereocenters. The van der Waals surface area contributed by atoms with Crippen LogP contribution in [0.3, 0.4) is 0 Å². The third-order valence-electron chi connectivity index (χ3n) is 6.25. The summed E-state index contributed by atoms with van der Waals surface area (Å²) in [6.07, 6.45) is 26.9. The van der Waals surface area contributed by atoms with Gasteiger partial charge in [-0.25, -0.2) is 0 Å². The summed E-state index contributed by atoms with van der Waals surface area (Å²) in [6.45, 7) is 4.73. The van der Waals surface area contributed by atoms with Crippen LogP contribution >= 0.6 is 7.60 Å². The molecule has 0 saturated carbocycles. The Kier molecular flexibility index (Phi) is 20.1. The zero-order chi connectivity index (χ0) is 24.1. The van der Waals surface area contributed by atoms with E-state index in [1.807, 2.05) is 21.1 Å². The molecule has 0 heterocycles. The standard InChI is InChI=1S/C27H56NO3P/c1-6-8-9-10-11-12-13-14-15-16-17-18-19-20-21-22-23-24-26-31-32(29,30)27(25-7-2)28(3,4)5/h13-14,27H,6-12,15-26H2,1-5H3/p+1/b14-13-. The molecule has 2 unspecified atom stereocenters. The van der Waals surface area contributed by atoms with Crippen LogP contribution in [0, 0.1) is 0 Å². The van der Waals surface area contributed by atoms with Gasteiger partial charge in [0.15, 0.2) is 5.78 Å². The molecule has 0 amide bonds. The fourth-order valence-electron chi connectivity index (χ4n) is 4.23. The average molecular weight is 475 g/mol. The van der Waals surface area contributed by atoms with E-state index in [2.05, 4.69) is 26.0 Å². The molecule has 0 radical (unpaired) electrons. The molecule has 0 fully saturated rings. The largest absolute Gasteiger partial charge is 0.385 e. The molecule has 1 N–H and O–H groups in total. The van der Waals surface area contributed by atoms with Crippen LogP contribution in [0.1, 0.15) is 129 Å². The van der Waals surface area contributed by atoms with Crippen LogP contribution in [-0.2, 0) is 9.09 Å². The van der Waals surface area contributed by atoms with Gasteiger partial charge in [-0.1, -0.05) is 96.6 Å². The Hall–Kier alpha value is -0.150. The van der Waals surface area contributed by atoms with E-state index in [0.717, 1.165) is 19.3 Å². The van der Waals surface area contributed by atoms with Gasteiger partial charge in [-0.15, -0.1) is 0 Å². The second-order valence-corrected chi connectivity index (χ2v) is 12.4. The molecule has 0 saturated heterocycles. The maximum atomic E-state index is 12.6. The van der Waals surface area contributed by atoms with Gasteiger partial charge in [0.25, 0.3) is 0 Å². The minimum Gasteiger partial charge on any atom is -0.320 e. The summed E-state index contributed by atoms with van der Waals surface area (Å²) in [5.41, 5.74) is 0. The van der Waals surface area contributed by atoms with Crippen LogP contribution in [0.2, 0.25) is 0 Å². The Bertz CT molecular complexity index is 488. The van der Waals surface area contributed by atoms with Gasteiger partial charge in [0.05, 0.1) is 27.7 Å². The van der Waals surface area contributed by atoms with Crippen LogP contribution < -0.4 is 0 Å². The Morgan fingerprint density at radius 3 is 1.59 bits per heavy atom. The van der Waals surface area contributed by atoms with E-state index in [4.69, 9.17) is 4.52 Å². The highest BCUT2D eigenvalue weighted by molar-refractivity contribution is 7.53. The second kappa shape index (κ2) is 20.2. The molecule has 0 spiro atoms. The number of allylic oxidation sites excluding steroid dienone is 2. The van der Waals surface area contributed by atoms with E-state index < -0.39 is 7.60 Å². The van der Waals surface area contributed by atoms with Crippen molar-refractivity contribution in [3.8, 4) is 0 Å². The summed E-state index contributed by atoms with van der Waals surface area (Å²) in [7, 11) is 2.35. The minimum atomic E-state index is -3.57. The number of hydrogen-bond donors (Lipinski definition) is 1.